The normalized spacial score (nSPS) is 11.5. The first-order valence-electron chi connectivity index (χ1n) is 8.37. The molecule has 0 heterocycles. The second kappa shape index (κ2) is 9.79. The minimum Gasteiger partial charge on any atom is -0.492 e. The number of quaternary nitrogens is 1. The number of benzene rings is 2. The maximum absolute atomic E-state index is 12.2. The van der Waals surface area contributed by atoms with Crippen LogP contribution in [-0.2, 0) is 9.59 Å². The maximum atomic E-state index is 12.2. The molecule has 1 atom stereocenters. The summed E-state index contributed by atoms with van der Waals surface area (Å²) in [4.78, 5) is 25.1. The molecule has 0 saturated heterocycles. The zero-order valence-corrected chi connectivity index (χ0v) is 15.6. The van der Waals surface area contributed by atoms with Crippen LogP contribution < -0.4 is 20.3 Å². The number of anilines is 2. The largest absolute Gasteiger partial charge is 0.492 e. The molecule has 2 amide bonds. The average molecular weight is 377 g/mol. The Morgan fingerprint density at radius 2 is 1.50 bits per heavy atom. The smallest absolute Gasteiger partial charge is 0.279 e. The average Bonchev–Trinajstić information content (AvgIpc) is 2.58. The van der Waals surface area contributed by atoms with Gasteiger partial charge in [0.05, 0.1) is 30.1 Å². The van der Waals surface area contributed by atoms with E-state index < -0.39 is 0 Å². The fraction of sp³-hybridized carbons (Fsp3) is 0.263. The van der Waals surface area contributed by atoms with Crippen molar-refractivity contribution < 1.29 is 19.2 Å². The zero-order chi connectivity index (χ0) is 18.9. The molecule has 138 valence electrons. The van der Waals surface area contributed by atoms with Crippen LogP contribution in [0, 0.1) is 0 Å². The van der Waals surface area contributed by atoms with E-state index in [0.29, 0.717) is 28.8 Å². The van der Waals surface area contributed by atoms with E-state index in [1.165, 1.54) is 0 Å². The first-order chi connectivity index (χ1) is 12.5. The van der Waals surface area contributed by atoms with E-state index in [2.05, 4.69) is 10.6 Å². The zero-order valence-electron chi connectivity index (χ0n) is 14.8. The van der Waals surface area contributed by atoms with E-state index in [1.807, 2.05) is 19.1 Å². The monoisotopic (exact) mass is 376 g/mol. The second-order valence-electron chi connectivity index (χ2n) is 5.82. The van der Waals surface area contributed by atoms with Crippen molar-refractivity contribution in [2.24, 2.45) is 0 Å². The number of rotatable bonds is 8. The SMILES string of the molecule is CCOc1ccccc1NC(=O)C[NH+](C)CC(=O)Nc1ccccc1Cl. The van der Waals surface area contributed by atoms with Gasteiger partial charge in [-0.2, -0.15) is 0 Å². The van der Waals surface area contributed by atoms with Crippen LogP contribution in [0.25, 0.3) is 0 Å². The summed E-state index contributed by atoms with van der Waals surface area (Å²) in [6.07, 6.45) is 0. The van der Waals surface area contributed by atoms with Crippen molar-refractivity contribution in [3.63, 3.8) is 0 Å². The van der Waals surface area contributed by atoms with Crippen molar-refractivity contribution in [1.29, 1.82) is 0 Å². The van der Waals surface area contributed by atoms with Gasteiger partial charge >= 0.3 is 0 Å². The Morgan fingerprint density at radius 3 is 2.12 bits per heavy atom. The van der Waals surface area contributed by atoms with Gasteiger partial charge in [0.25, 0.3) is 11.8 Å². The number of para-hydroxylation sites is 3. The minimum atomic E-state index is -0.210. The fourth-order valence-electron chi connectivity index (χ4n) is 2.41. The number of nitrogens with one attached hydrogen (secondary N) is 3. The molecule has 0 aromatic heterocycles. The summed E-state index contributed by atoms with van der Waals surface area (Å²) >= 11 is 6.02. The van der Waals surface area contributed by atoms with Crippen LogP contribution in [0.1, 0.15) is 6.92 Å². The van der Waals surface area contributed by atoms with Gasteiger partial charge in [0.15, 0.2) is 13.1 Å². The molecule has 0 spiro atoms. The molecule has 0 radical (unpaired) electrons. The third kappa shape index (κ3) is 6.06. The molecule has 26 heavy (non-hydrogen) atoms. The molecule has 6 nitrogen and oxygen atoms in total. The summed E-state index contributed by atoms with van der Waals surface area (Å²) in [6.45, 7) is 2.69. The number of carbonyl (C=O) groups is 2. The lowest BCUT2D eigenvalue weighted by Crippen LogP contribution is -3.11. The standard InChI is InChI=1S/C19H22ClN3O3/c1-3-26-17-11-7-6-10-16(17)22-19(25)13-23(2)12-18(24)21-15-9-5-4-8-14(15)20/h4-11H,3,12-13H2,1-2H3,(H,21,24)(H,22,25)/p+1. The fourth-order valence-corrected chi connectivity index (χ4v) is 2.60. The number of amides is 2. The van der Waals surface area contributed by atoms with Crippen molar-refractivity contribution in [1.82, 2.24) is 0 Å². The van der Waals surface area contributed by atoms with Gasteiger partial charge < -0.3 is 20.3 Å². The molecule has 0 bridgehead atoms. The molecule has 2 rings (SSSR count). The van der Waals surface area contributed by atoms with Gasteiger partial charge in [-0.3, -0.25) is 9.59 Å². The predicted octanol–water partition coefficient (Wildman–Crippen LogP) is 1.83. The van der Waals surface area contributed by atoms with Crippen LogP contribution in [0.15, 0.2) is 48.5 Å². The molecule has 2 aromatic carbocycles. The van der Waals surface area contributed by atoms with Crippen LogP contribution in [0.2, 0.25) is 5.02 Å². The Kier molecular flexibility index (Phi) is 7.44. The number of carbonyl (C=O) groups excluding carboxylic acids is 2. The highest BCUT2D eigenvalue weighted by Gasteiger charge is 2.16. The lowest BCUT2D eigenvalue weighted by atomic mass is 10.3. The summed E-state index contributed by atoms with van der Waals surface area (Å²) < 4.78 is 5.49. The summed E-state index contributed by atoms with van der Waals surface area (Å²) in [6, 6.07) is 14.3. The molecule has 2 aromatic rings. The van der Waals surface area contributed by atoms with E-state index in [-0.39, 0.29) is 24.9 Å². The molecule has 0 aliphatic heterocycles. The third-order valence-corrected chi connectivity index (χ3v) is 3.86. The molecule has 0 aliphatic rings. The molecule has 0 aliphatic carbocycles. The molecule has 7 heteroatoms. The number of halogens is 1. The van der Waals surface area contributed by atoms with Crippen molar-refractivity contribution in [2.45, 2.75) is 6.92 Å². The van der Waals surface area contributed by atoms with Gasteiger partial charge in [-0.15, -0.1) is 0 Å². The third-order valence-electron chi connectivity index (χ3n) is 3.53. The Labute approximate surface area is 158 Å². The Hall–Kier alpha value is -2.57. The predicted molar refractivity (Wildman–Crippen MR) is 103 cm³/mol. The minimum absolute atomic E-state index is 0.145. The first kappa shape index (κ1) is 19.8. The van der Waals surface area contributed by atoms with Crippen LogP contribution in [-0.4, -0.2) is 38.6 Å². The highest BCUT2D eigenvalue weighted by Crippen LogP contribution is 2.23. The molecular weight excluding hydrogens is 354 g/mol. The van der Waals surface area contributed by atoms with Crippen LogP contribution in [0.4, 0.5) is 11.4 Å². The van der Waals surface area contributed by atoms with Crippen LogP contribution in [0.5, 0.6) is 5.75 Å². The van der Waals surface area contributed by atoms with Crippen molar-refractivity contribution >= 4 is 34.8 Å². The maximum Gasteiger partial charge on any atom is 0.279 e. The summed E-state index contributed by atoms with van der Waals surface area (Å²) in [5.41, 5.74) is 1.18. The van der Waals surface area contributed by atoms with Gasteiger partial charge in [-0.05, 0) is 31.2 Å². The number of hydrogen-bond donors (Lipinski definition) is 3. The van der Waals surface area contributed by atoms with Crippen LogP contribution in [0.3, 0.4) is 0 Å². The van der Waals surface area contributed by atoms with Gasteiger partial charge in [0.2, 0.25) is 0 Å². The number of hydrogen-bond acceptors (Lipinski definition) is 3. The molecule has 3 N–H and O–H groups in total. The molecule has 0 saturated carbocycles. The van der Waals surface area contributed by atoms with Crippen molar-refractivity contribution in [3.8, 4) is 5.75 Å². The summed E-state index contributed by atoms with van der Waals surface area (Å²) in [7, 11) is 1.78. The molecular formula is C19H23ClN3O3+. The highest BCUT2D eigenvalue weighted by molar-refractivity contribution is 6.33. The van der Waals surface area contributed by atoms with Gasteiger partial charge in [-0.25, -0.2) is 0 Å². The highest BCUT2D eigenvalue weighted by atomic mass is 35.5. The van der Waals surface area contributed by atoms with Crippen molar-refractivity contribution in [2.75, 3.05) is 37.4 Å². The molecule has 0 fully saturated rings. The van der Waals surface area contributed by atoms with Crippen molar-refractivity contribution in [3.05, 3.63) is 53.6 Å². The van der Waals surface area contributed by atoms with Gasteiger partial charge in [-0.1, -0.05) is 35.9 Å². The van der Waals surface area contributed by atoms with E-state index in [1.54, 1.807) is 43.4 Å². The topological polar surface area (TPSA) is 71.9 Å². The van der Waals surface area contributed by atoms with E-state index >= 15 is 0 Å². The number of ether oxygens (including phenoxy) is 1. The Balaban J connectivity index is 1.85. The van der Waals surface area contributed by atoms with E-state index in [9.17, 15) is 9.59 Å². The lowest BCUT2D eigenvalue weighted by Gasteiger charge is -2.15. The first-order valence-corrected chi connectivity index (χ1v) is 8.74. The summed E-state index contributed by atoms with van der Waals surface area (Å²) in [5.74, 6) is 0.218. The number of likely N-dealkylation sites (N-methyl/N-ethyl adjacent to an activating group) is 1. The van der Waals surface area contributed by atoms with E-state index in [4.69, 9.17) is 16.3 Å². The van der Waals surface area contributed by atoms with Crippen LogP contribution >= 0.6 is 11.6 Å². The van der Waals surface area contributed by atoms with E-state index in [0.717, 1.165) is 4.90 Å². The summed E-state index contributed by atoms with van der Waals surface area (Å²) in [5, 5.41) is 6.04. The quantitative estimate of drug-likeness (QED) is 0.658. The Morgan fingerprint density at radius 1 is 0.962 bits per heavy atom. The van der Waals surface area contributed by atoms with Gasteiger partial charge in [0.1, 0.15) is 5.75 Å². The second-order valence-corrected chi connectivity index (χ2v) is 6.22. The molecule has 1 unspecified atom stereocenters. The Bertz CT molecular complexity index is 767. The lowest BCUT2D eigenvalue weighted by molar-refractivity contribution is -0.862. The van der Waals surface area contributed by atoms with Gasteiger partial charge in [0, 0.05) is 0 Å².